The van der Waals surface area contributed by atoms with Crippen LogP contribution >= 0.6 is 22.9 Å². The summed E-state index contributed by atoms with van der Waals surface area (Å²) >= 11 is 6.50. The fourth-order valence-electron chi connectivity index (χ4n) is 4.98. The van der Waals surface area contributed by atoms with Gasteiger partial charge in [0.25, 0.3) is 5.56 Å². The second kappa shape index (κ2) is 9.83. The van der Waals surface area contributed by atoms with Crippen LogP contribution in [0.3, 0.4) is 0 Å². The average Bonchev–Trinajstić information content (AvgIpc) is 3.54. The maximum absolute atomic E-state index is 13.5. The highest BCUT2D eigenvalue weighted by Crippen LogP contribution is 2.40. The summed E-state index contributed by atoms with van der Waals surface area (Å²) in [6, 6.07) is 10.2. The molecule has 1 N–H and O–H groups in total. The molecule has 2 saturated heterocycles. The third-order valence-corrected chi connectivity index (χ3v) is 8.28. The molecule has 13 heteroatoms. The first kappa shape index (κ1) is 25.6. The molecule has 6 rings (SSSR count). The lowest BCUT2D eigenvalue weighted by atomic mass is 9.97. The summed E-state index contributed by atoms with van der Waals surface area (Å²) in [6.45, 7) is 1.07. The Balaban J connectivity index is 1.39. The third kappa shape index (κ3) is 5.06. The highest BCUT2D eigenvalue weighted by atomic mass is 35.5. The molecule has 2 aromatic carbocycles. The van der Waals surface area contributed by atoms with Crippen molar-refractivity contribution < 1.29 is 22.7 Å². The Labute approximate surface area is 229 Å². The quantitative estimate of drug-likeness (QED) is 0.331. The van der Waals surface area contributed by atoms with Gasteiger partial charge >= 0.3 is 12.3 Å². The van der Waals surface area contributed by atoms with Crippen LogP contribution in [0.2, 0.25) is 5.02 Å². The Hall–Kier alpha value is -3.64. The molecule has 0 radical (unpaired) electrons. The van der Waals surface area contributed by atoms with Gasteiger partial charge in [0, 0.05) is 28.9 Å². The largest absolute Gasteiger partial charge is 0.447 e. The lowest BCUT2D eigenvalue weighted by molar-refractivity contribution is -0.134. The first-order valence-corrected chi connectivity index (χ1v) is 13.4. The van der Waals surface area contributed by atoms with Gasteiger partial charge < -0.3 is 15.0 Å². The highest BCUT2D eigenvalue weighted by molar-refractivity contribution is 7.15. The highest BCUT2D eigenvalue weighted by Gasteiger charge is 2.38. The zero-order valence-corrected chi connectivity index (χ0v) is 21.8. The number of benzene rings is 2. The molecule has 4 heterocycles. The van der Waals surface area contributed by atoms with E-state index in [0.29, 0.717) is 64.5 Å². The van der Waals surface area contributed by atoms with Crippen LogP contribution in [0.15, 0.2) is 53.7 Å². The molecule has 0 aliphatic carbocycles. The van der Waals surface area contributed by atoms with Gasteiger partial charge in [0.15, 0.2) is 0 Å². The minimum Gasteiger partial charge on any atom is -0.447 e. The van der Waals surface area contributed by atoms with Gasteiger partial charge in [-0.3, -0.25) is 9.36 Å². The number of nitrogens with one attached hydrogen (secondary N) is 1. The molecule has 202 valence electrons. The van der Waals surface area contributed by atoms with Crippen molar-refractivity contribution in [2.24, 2.45) is 0 Å². The standard InChI is InChI=1S/C26H21ClF3N5O3S/c27-15-3-1-14(2-4-15)11-34-13-32-20-8-18(23-31-10-22(39-23)26(28,29)30)21(9-19(20)24(34)36)33-16-5-6-35-17(7-16)12-38-25(35)37/h1-4,8-10,13,16-17,33H,5-7,11-12H2/t16-,17-/m0/s1. The van der Waals surface area contributed by atoms with Gasteiger partial charge in [0.05, 0.1) is 36.0 Å². The molecule has 2 aliphatic heterocycles. The molecule has 0 bridgehead atoms. The molecule has 2 fully saturated rings. The molecule has 8 nitrogen and oxygen atoms in total. The van der Waals surface area contributed by atoms with Gasteiger partial charge in [-0.2, -0.15) is 13.2 Å². The molecule has 2 aromatic heterocycles. The Morgan fingerprint density at radius 2 is 1.95 bits per heavy atom. The molecule has 0 unspecified atom stereocenters. The number of cyclic esters (lactones) is 1. The normalized spacial score (nSPS) is 19.3. The van der Waals surface area contributed by atoms with Crippen LogP contribution in [0.5, 0.6) is 0 Å². The lowest BCUT2D eigenvalue weighted by Gasteiger charge is -2.33. The topological polar surface area (TPSA) is 89.3 Å². The summed E-state index contributed by atoms with van der Waals surface area (Å²) in [5.74, 6) is 0. The average molecular weight is 576 g/mol. The van der Waals surface area contributed by atoms with Crippen LogP contribution in [0.25, 0.3) is 21.5 Å². The van der Waals surface area contributed by atoms with E-state index in [2.05, 4.69) is 15.3 Å². The van der Waals surface area contributed by atoms with Crippen molar-refractivity contribution in [2.45, 2.75) is 37.6 Å². The third-order valence-electron chi connectivity index (χ3n) is 6.95. The number of hydrogen-bond acceptors (Lipinski definition) is 7. The van der Waals surface area contributed by atoms with Crippen LogP contribution in [0.4, 0.5) is 23.7 Å². The first-order valence-electron chi connectivity index (χ1n) is 12.2. The molecule has 0 spiro atoms. The number of halogens is 4. The van der Waals surface area contributed by atoms with E-state index >= 15 is 0 Å². The lowest BCUT2D eigenvalue weighted by Crippen LogP contribution is -2.45. The predicted molar refractivity (Wildman–Crippen MR) is 141 cm³/mol. The van der Waals surface area contributed by atoms with Crippen LogP contribution in [0.1, 0.15) is 23.3 Å². The minimum atomic E-state index is -4.52. The van der Waals surface area contributed by atoms with Gasteiger partial charge in [-0.25, -0.2) is 14.8 Å². The fraction of sp³-hybridized carbons (Fsp3) is 0.308. The fourth-order valence-corrected chi connectivity index (χ4v) is 5.92. The number of piperidine rings is 1. The number of alkyl halides is 3. The van der Waals surface area contributed by atoms with Gasteiger partial charge in [-0.1, -0.05) is 23.7 Å². The molecule has 39 heavy (non-hydrogen) atoms. The van der Waals surface area contributed by atoms with Crippen molar-refractivity contribution >= 4 is 45.6 Å². The van der Waals surface area contributed by atoms with E-state index in [1.54, 1.807) is 29.2 Å². The summed E-state index contributed by atoms with van der Waals surface area (Å²) in [5.41, 5.74) is 1.83. The van der Waals surface area contributed by atoms with Gasteiger partial charge in [-0.05, 0) is 42.7 Å². The Morgan fingerprint density at radius 1 is 1.15 bits per heavy atom. The number of carbonyl (C=O) groups is 1. The van der Waals surface area contributed by atoms with E-state index < -0.39 is 11.1 Å². The molecular formula is C26H21ClF3N5O3S. The van der Waals surface area contributed by atoms with Crippen molar-refractivity contribution in [3.05, 3.63) is 74.7 Å². The number of carbonyl (C=O) groups excluding carboxylic acids is 1. The molecule has 0 saturated carbocycles. The van der Waals surface area contributed by atoms with Crippen molar-refractivity contribution in [2.75, 3.05) is 18.5 Å². The predicted octanol–water partition coefficient (Wildman–Crippen LogP) is 5.64. The number of nitrogens with zero attached hydrogens (tertiary/aromatic N) is 4. The number of thiazole rings is 1. The van der Waals surface area contributed by atoms with Gasteiger partial charge in [0.1, 0.15) is 16.5 Å². The molecule has 2 atom stereocenters. The van der Waals surface area contributed by atoms with Gasteiger partial charge in [-0.15, -0.1) is 11.3 Å². The number of hydrogen-bond donors (Lipinski definition) is 1. The zero-order chi connectivity index (χ0) is 27.3. The van der Waals surface area contributed by atoms with E-state index in [0.717, 1.165) is 11.8 Å². The van der Waals surface area contributed by atoms with E-state index in [1.807, 2.05) is 12.1 Å². The number of amides is 1. The van der Waals surface area contributed by atoms with Crippen molar-refractivity contribution in [1.29, 1.82) is 0 Å². The second-order valence-corrected chi connectivity index (χ2v) is 11.0. The summed E-state index contributed by atoms with van der Waals surface area (Å²) in [4.78, 5) is 34.7. The number of rotatable bonds is 5. The summed E-state index contributed by atoms with van der Waals surface area (Å²) < 4.78 is 46.7. The van der Waals surface area contributed by atoms with Crippen LogP contribution in [-0.2, 0) is 17.5 Å². The Morgan fingerprint density at radius 3 is 2.69 bits per heavy atom. The van der Waals surface area contributed by atoms with Crippen LogP contribution in [0, 0.1) is 0 Å². The van der Waals surface area contributed by atoms with Crippen LogP contribution in [-0.4, -0.2) is 50.8 Å². The first-order chi connectivity index (χ1) is 18.7. The molecule has 1 amide bonds. The van der Waals surface area contributed by atoms with E-state index in [-0.39, 0.29) is 35.3 Å². The monoisotopic (exact) mass is 575 g/mol. The number of anilines is 1. The molecule has 4 aromatic rings. The van der Waals surface area contributed by atoms with Crippen LogP contribution < -0.4 is 10.9 Å². The molecule has 2 aliphatic rings. The summed E-state index contributed by atoms with van der Waals surface area (Å²) in [6.07, 6.45) is -1.40. The van der Waals surface area contributed by atoms with E-state index in [1.165, 1.54) is 10.9 Å². The van der Waals surface area contributed by atoms with Crippen molar-refractivity contribution in [3.63, 3.8) is 0 Å². The zero-order valence-electron chi connectivity index (χ0n) is 20.2. The smallest absolute Gasteiger partial charge is 0.427 e. The van der Waals surface area contributed by atoms with E-state index in [9.17, 15) is 22.8 Å². The van der Waals surface area contributed by atoms with E-state index in [4.69, 9.17) is 16.3 Å². The maximum atomic E-state index is 13.5. The number of aromatic nitrogens is 3. The second-order valence-electron chi connectivity index (χ2n) is 9.54. The number of ether oxygens (including phenoxy) is 1. The summed E-state index contributed by atoms with van der Waals surface area (Å²) in [7, 11) is 0. The van der Waals surface area contributed by atoms with Crippen molar-refractivity contribution in [3.8, 4) is 10.6 Å². The summed E-state index contributed by atoms with van der Waals surface area (Å²) in [5, 5.41) is 4.49. The van der Waals surface area contributed by atoms with Crippen molar-refractivity contribution in [1.82, 2.24) is 19.4 Å². The maximum Gasteiger partial charge on any atom is 0.427 e. The Bertz CT molecular complexity index is 1620. The molecular weight excluding hydrogens is 555 g/mol. The van der Waals surface area contributed by atoms with Gasteiger partial charge in [0.2, 0.25) is 0 Å². The minimum absolute atomic E-state index is 0.0809. The SMILES string of the molecule is O=C1OC[C@@H]2C[C@@H](Nc3cc4c(=O)n(Cc5ccc(Cl)cc5)cnc4cc3-c3ncc(C(F)(F)F)s3)CCN12. The Kier molecular flexibility index (Phi) is 6.46. The number of fused-ring (bicyclic) bond motifs is 2.